The summed E-state index contributed by atoms with van der Waals surface area (Å²) < 4.78 is 30.4. The maximum Gasteiger partial charge on any atom is 0.306 e. The van der Waals surface area contributed by atoms with Crippen molar-refractivity contribution in [3.63, 3.8) is 0 Å². The molecule has 0 aliphatic heterocycles. The Labute approximate surface area is 118 Å². The zero-order chi connectivity index (χ0) is 15.0. The molecule has 0 atom stereocenters. The van der Waals surface area contributed by atoms with Crippen molar-refractivity contribution < 1.29 is 23.1 Å². The van der Waals surface area contributed by atoms with E-state index < -0.39 is 16.0 Å². The van der Waals surface area contributed by atoms with Gasteiger partial charge in [0.05, 0.1) is 19.3 Å². The number of methoxy groups -OCH3 is 1. The Morgan fingerprint density at radius 3 is 2.80 bits per heavy atom. The molecular formula is C13H19NO5S. The Hall–Kier alpha value is -1.60. The van der Waals surface area contributed by atoms with Gasteiger partial charge in [-0.05, 0) is 30.5 Å². The summed E-state index contributed by atoms with van der Waals surface area (Å²) in [6.45, 7) is 0.0923. The van der Waals surface area contributed by atoms with E-state index in [1.54, 1.807) is 18.2 Å². The number of hydrogen-bond acceptors (Lipinski definition) is 5. The third-order valence-electron chi connectivity index (χ3n) is 2.63. The first kappa shape index (κ1) is 16.5. The van der Waals surface area contributed by atoms with E-state index in [4.69, 9.17) is 5.11 Å². The van der Waals surface area contributed by atoms with E-state index in [9.17, 15) is 13.2 Å². The molecule has 0 amide bonds. The first-order valence-corrected chi connectivity index (χ1v) is 7.89. The van der Waals surface area contributed by atoms with Crippen molar-refractivity contribution in [2.45, 2.75) is 19.3 Å². The number of benzene rings is 1. The highest BCUT2D eigenvalue weighted by molar-refractivity contribution is 7.92. The zero-order valence-electron chi connectivity index (χ0n) is 11.3. The number of esters is 1. The molecule has 112 valence electrons. The SMILES string of the molecule is COC(=O)CCS(=O)(=O)Nc1cccc(CCCO)c1. The van der Waals surface area contributed by atoms with Crippen molar-refractivity contribution in [2.75, 3.05) is 24.2 Å². The number of aryl methyl sites for hydroxylation is 1. The molecule has 0 spiro atoms. The Bertz CT molecular complexity index is 541. The fraction of sp³-hybridized carbons (Fsp3) is 0.462. The maximum atomic E-state index is 11.8. The molecule has 7 heteroatoms. The van der Waals surface area contributed by atoms with Gasteiger partial charge in [-0.2, -0.15) is 0 Å². The molecule has 2 N–H and O–H groups in total. The maximum absolute atomic E-state index is 11.8. The number of rotatable bonds is 8. The highest BCUT2D eigenvalue weighted by Gasteiger charge is 2.13. The summed E-state index contributed by atoms with van der Waals surface area (Å²) in [5.74, 6) is -0.882. The van der Waals surface area contributed by atoms with Gasteiger partial charge in [0.25, 0.3) is 0 Å². The van der Waals surface area contributed by atoms with Crippen LogP contribution in [0.25, 0.3) is 0 Å². The molecule has 0 saturated carbocycles. The van der Waals surface area contributed by atoms with Crippen molar-refractivity contribution in [3.05, 3.63) is 29.8 Å². The number of hydrogen-bond donors (Lipinski definition) is 2. The number of anilines is 1. The molecule has 0 bridgehead atoms. The minimum absolute atomic E-state index is 0.0923. The van der Waals surface area contributed by atoms with Gasteiger partial charge < -0.3 is 9.84 Å². The molecule has 0 radical (unpaired) electrons. The van der Waals surface area contributed by atoms with Gasteiger partial charge in [-0.25, -0.2) is 8.42 Å². The van der Waals surface area contributed by atoms with Crippen LogP contribution in [0.2, 0.25) is 0 Å². The predicted molar refractivity (Wildman–Crippen MR) is 75.9 cm³/mol. The van der Waals surface area contributed by atoms with Crippen molar-refractivity contribution in [1.82, 2.24) is 0 Å². The minimum Gasteiger partial charge on any atom is -0.469 e. The van der Waals surface area contributed by atoms with Gasteiger partial charge in [0.1, 0.15) is 0 Å². The van der Waals surface area contributed by atoms with E-state index >= 15 is 0 Å². The highest BCUT2D eigenvalue weighted by atomic mass is 32.2. The third kappa shape index (κ3) is 6.03. The van der Waals surface area contributed by atoms with Crippen molar-refractivity contribution in [2.24, 2.45) is 0 Å². The summed E-state index contributed by atoms with van der Waals surface area (Å²) in [5.41, 5.74) is 1.39. The molecule has 0 aliphatic rings. The second kappa shape index (κ2) is 7.86. The Morgan fingerprint density at radius 1 is 1.40 bits per heavy atom. The molecule has 0 saturated heterocycles. The van der Waals surface area contributed by atoms with Crippen LogP contribution in [-0.4, -0.2) is 39.0 Å². The van der Waals surface area contributed by atoms with Gasteiger partial charge >= 0.3 is 5.97 Å². The lowest BCUT2D eigenvalue weighted by atomic mass is 10.1. The van der Waals surface area contributed by atoms with Gasteiger partial charge in [0.2, 0.25) is 10.0 Å². The second-order valence-corrected chi connectivity index (χ2v) is 6.12. The van der Waals surface area contributed by atoms with Gasteiger partial charge in [-0.1, -0.05) is 12.1 Å². The number of aliphatic hydroxyl groups is 1. The molecule has 6 nitrogen and oxygen atoms in total. The smallest absolute Gasteiger partial charge is 0.306 e. The molecule has 20 heavy (non-hydrogen) atoms. The van der Waals surface area contributed by atoms with Gasteiger partial charge in [-0.3, -0.25) is 9.52 Å². The van der Waals surface area contributed by atoms with Crippen molar-refractivity contribution >= 4 is 21.7 Å². The summed E-state index contributed by atoms with van der Waals surface area (Å²) in [5, 5.41) is 8.77. The first-order valence-electron chi connectivity index (χ1n) is 6.24. The average molecular weight is 301 g/mol. The van der Waals surface area contributed by atoms with Crippen LogP contribution in [0.1, 0.15) is 18.4 Å². The second-order valence-electron chi connectivity index (χ2n) is 4.27. The van der Waals surface area contributed by atoms with Crippen LogP contribution in [0.5, 0.6) is 0 Å². The summed E-state index contributed by atoms with van der Waals surface area (Å²) in [6, 6.07) is 6.95. The van der Waals surface area contributed by atoms with E-state index in [1.807, 2.05) is 6.07 Å². The van der Waals surface area contributed by atoms with E-state index in [1.165, 1.54) is 7.11 Å². The molecule has 0 fully saturated rings. The topological polar surface area (TPSA) is 92.7 Å². The van der Waals surface area contributed by atoms with Crippen LogP contribution in [0.15, 0.2) is 24.3 Å². The molecule has 0 aliphatic carbocycles. The Morgan fingerprint density at radius 2 is 2.15 bits per heavy atom. The monoisotopic (exact) mass is 301 g/mol. The molecule has 0 aromatic heterocycles. The lowest BCUT2D eigenvalue weighted by Gasteiger charge is -2.09. The van der Waals surface area contributed by atoms with Crippen LogP contribution < -0.4 is 4.72 Å². The van der Waals surface area contributed by atoms with Crippen LogP contribution >= 0.6 is 0 Å². The van der Waals surface area contributed by atoms with Gasteiger partial charge in [0.15, 0.2) is 0 Å². The summed E-state index contributed by atoms with van der Waals surface area (Å²) in [6.07, 6.45) is 1.11. The number of aliphatic hydroxyl groups excluding tert-OH is 1. The molecule has 1 aromatic rings. The Balaban J connectivity index is 2.64. The molecule has 0 unspecified atom stereocenters. The van der Waals surface area contributed by atoms with E-state index in [-0.39, 0.29) is 18.8 Å². The molecule has 1 rings (SSSR count). The molecular weight excluding hydrogens is 282 g/mol. The lowest BCUT2D eigenvalue weighted by Crippen LogP contribution is -2.19. The number of ether oxygens (including phenoxy) is 1. The van der Waals surface area contributed by atoms with Crippen LogP contribution in [0, 0.1) is 0 Å². The third-order valence-corrected chi connectivity index (χ3v) is 3.91. The zero-order valence-corrected chi connectivity index (χ0v) is 12.1. The van der Waals surface area contributed by atoms with Crippen LogP contribution in [0.4, 0.5) is 5.69 Å². The van der Waals surface area contributed by atoms with Crippen LogP contribution in [0.3, 0.4) is 0 Å². The highest BCUT2D eigenvalue weighted by Crippen LogP contribution is 2.14. The summed E-state index contributed by atoms with van der Waals surface area (Å²) in [4.78, 5) is 10.9. The van der Waals surface area contributed by atoms with E-state index in [0.717, 1.165) is 5.56 Å². The molecule has 1 aromatic carbocycles. The van der Waals surface area contributed by atoms with Crippen LogP contribution in [-0.2, 0) is 26.0 Å². The number of sulfonamides is 1. The minimum atomic E-state index is -3.58. The van der Waals surface area contributed by atoms with E-state index in [0.29, 0.717) is 18.5 Å². The summed E-state index contributed by atoms with van der Waals surface area (Å²) in [7, 11) is -2.36. The Kier molecular flexibility index (Phi) is 6.47. The van der Waals surface area contributed by atoms with Crippen molar-refractivity contribution in [3.8, 4) is 0 Å². The lowest BCUT2D eigenvalue weighted by molar-refractivity contribution is -0.140. The van der Waals surface area contributed by atoms with Gasteiger partial charge in [0, 0.05) is 12.3 Å². The van der Waals surface area contributed by atoms with Crippen molar-refractivity contribution in [1.29, 1.82) is 0 Å². The quantitative estimate of drug-likeness (QED) is 0.696. The largest absolute Gasteiger partial charge is 0.469 e. The normalized spacial score (nSPS) is 11.1. The van der Waals surface area contributed by atoms with Gasteiger partial charge in [-0.15, -0.1) is 0 Å². The summed E-state index contributed by atoms with van der Waals surface area (Å²) >= 11 is 0. The standard InChI is InChI=1S/C13H19NO5S/c1-19-13(16)7-9-20(17,18)14-12-6-2-4-11(10-12)5-3-8-15/h2,4,6,10,14-15H,3,5,7-9H2,1H3. The average Bonchev–Trinajstić information content (AvgIpc) is 2.42. The number of nitrogens with one attached hydrogen (secondary N) is 1. The first-order chi connectivity index (χ1) is 9.46. The molecule has 0 heterocycles. The van der Waals surface area contributed by atoms with E-state index in [2.05, 4.69) is 9.46 Å². The predicted octanol–water partition coefficient (Wildman–Crippen LogP) is 0.916. The fourth-order valence-electron chi connectivity index (χ4n) is 1.62. The number of carbonyl (C=O) groups excluding carboxylic acids is 1. The number of carbonyl (C=O) groups is 1. The fourth-order valence-corrected chi connectivity index (χ4v) is 2.65.